The van der Waals surface area contributed by atoms with Crippen LogP contribution in [0.25, 0.3) is 0 Å². The van der Waals surface area contributed by atoms with Gasteiger partial charge in [0.1, 0.15) is 0 Å². The molecule has 1 heterocycles. The Morgan fingerprint density at radius 3 is 2.39 bits per heavy atom. The van der Waals surface area contributed by atoms with Crippen LogP contribution in [0.15, 0.2) is 53.4 Å². The van der Waals surface area contributed by atoms with Crippen LogP contribution in [-0.4, -0.2) is 61.2 Å². The third kappa shape index (κ3) is 5.79. The molecule has 2 aromatic rings. The average Bonchev–Trinajstić information content (AvgIpc) is 2.77. The summed E-state index contributed by atoms with van der Waals surface area (Å²) in [7, 11) is -3.96. The predicted octanol–water partition coefficient (Wildman–Crippen LogP) is 2.26. The van der Waals surface area contributed by atoms with Crippen molar-refractivity contribution in [1.82, 2.24) is 14.5 Å². The fourth-order valence-corrected chi connectivity index (χ4v) is 5.12. The molecule has 1 saturated heterocycles. The maximum Gasteiger partial charge on any atom is 0.289 e. The molecular weight excluding hydrogens is 444 g/mol. The molecule has 0 unspecified atom stereocenters. The number of piperazine rings is 1. The van der Waals surface area contributed by atoms with E-state index in [0.29, 0.717) is 31.2 Å². The lowest BCUT2D eigenvalue weighted by atomic mass is 10.2. The molecule has 1 amide bonds. The van der Waals surface area contributed by atoms with Crippen LogP contribution < -0.4 is 5.32 Å². The van der Waals surface area contributed by atoms with E-state index in [-0.39, 0.29) is 30.3 Å². The summed E-state index contributed by atoms with van der Waals surface area (Å²) in [6.07, 6.45) is 0.279. The summed E-state index contributed by atoms with van der Waals surface area (Å²) in [6, 6.07) is 12.6. The zero-order valence-electron chi connectivity index (χ0n) is 16.7. The highest BCUT2D eigenvalue weighted by Gasteiger charge is 2.33. The second kappa shape index (κ2) is 10.2. The summed E-state index contributed by atoms with van der Waals surface area (Å²) >= 11 is 6.08. The Bertz CT molecular complexity index is 1060. The summed E-state index contributed by atoms with van der Waals surface area (Å²) in [5, 5.41) is 14.6. The average molecular weight is 467 g/mol. The van der Waals surface area contributed by atoms with Crippen LogP contribution in [0.1, 0.15) is 12.0 Å². The Labute approximate surface area is 185 Å². The van der Waals surface area contributed by atoms with Gasteiger partial charge in [0.15, 0.2) is 4.90 Å². The predicted molar refractivity (Wildman–Crippen MR) is 116 cm³/mol. The van der Waals surface area contributed by atoms with Gasteiger partial charge in [-0.05, 0) is 17.7 Å². The number of para-hydroxylation sites is 1. The molecule has 0 aliphatic carbocycles. The zero-order valence-corrected chi connectivity index (χ0v) is 18.3. The Hall–Kier alpha value is -2.53. The van der Waals surface area contributed by atoms with Crippen molar-refractivity contribution in [1.29, 1.82) is 0 Å². The molecule has 0 bridgehead atoms. The van der Waals surface area contributed by atoms with Gasteiger partial charge in [0.05, 0.1) is 4.92 Å². The van der Waals surface area contributed by atoms with Crippen LogP contribution >= 0.6 is 11.6 Å². The molecular formula is C20H23ClN4O5S. The molecule has 166 valence electrons. The van der Waals surface area contributed by atoms with Gasteiger partial charge in [-0.15, -0.1) is 0 Å². The van der Waals surface area contributed by atoms with Crippen molar-refractivity contribution in [3.8, 4) is 0 Å². The zero-order chi connectivity index (χ0) is 22.4. The number of nitro benzene ring substituents is 1. The molecule has 1 fully saturated rings. The van der Waals surface area contributed by atoms with Crippen LogP contribution in [0.4, 0.5) is 5.69 Å². The van der Waals surface area contributed by atoms with Crippen LogP contribution in [0.5, 0.6) is 0 Å². The van der Waals surface area contributed by atoms with Gasteiger partial charge in [-0.25, -0.2) is 8.42 Å². The first kappa shape index (κ1) is 23.1. The SMILES string of the molecule is O=C(CCN1CCN(S(=O)(=O)c2ccccc2[N+](=O)[O-])CC1)NCc1ccccc1Cl. The standard InChI is InChI=1S/C20H23ClN4O5S/c21-17-6-2-1-5-16(17)15-22-20(26)9-10-23-11-13-24(14-12-23)31(29,30)19-8-4-3-7-18(19)25(27)28/h1-8H,9-15H2,(H,22,26). The summed E-state index contributed by atoms with van der Waals surface area (Å²) in [6.45, 7) is 2.13. The van der Waals surface area contributed by atoms with Crippen molar-refractivity contribution in [3.05, 3.63) is 69.2 Å². The fraction of sp³-hybridized carbons (Fsp3) is 0.350. The molecule has 0 spiro atoms. The van der Waals surface area contributed by atoms with Gasteiger partial charge in [-0.3, -0.25) is 14.9 Å². The van der Waals surface area contributed by atoms with E-state index >= 15 is 0 Å². The normalized spacial score (nSPS) is 15.5. The van der Waals surface area contributed by atoms with Crippen molar-refractivity contribution >= 4 is 33.2 Å². The fourth-order valence-electron chi connectivity index (χ4n) is 3.34. The van der Waals surface area contributed by atoms with E-state index in [4.69, 9.17) is 11.6 Å². The summed E-state index contributed by atoms with van der Waals surface area (Å²) in [5.41, 5.74) is 0.409. The van der Waals surface area contributed by atoms with Crippen LogP contribution in [0.2, 0.25) is 5.02 Å². The minimum atomic E-state index is -3.96. The lowest BCUT2D eigenvalue weighted by Crippen LogP contribution is -2.49. The number of nitro groups is 1. The number of carbonyl (C=O) groups excluding carboxylic acids is 1. The minimum absolute atomic E-state index is 0.116. The maximum absolute atomic E-state index is 12.9. The van der Waals surface area contributed by atoms with Gasteiger partial charge in [-0.2, -0.15) is 4.31 Å². The number of nitrogens with one attached hydrogen (secondary N) is 1. The van der Waals surface area contributed by atoms with Gasteiger partial charge in [-0.1, -0.05) is 41.9 Å². The third-order valence-corrected chi connectivity index (χ3v) is 7.41. The molecule has 1 aliphatic heterocycles. The molecule has 2 aromatic carbocycles. The Balaban J connectivity index is 1.49. The molecule has 1 N–H and O–H groups in total. The van der Waals surface area contributed by atoms with E-state index in [2.05, 4.69) is 5.32 Å². The maximum atomic E-state index is 12.9. The van der Waals surface area contributed by atoms with Crippen molar-refractivity contribution in [2.24, 2.45) is 0 Å². The van der Waals surface area contributed by atoms with Crippen molar-refractivity contribution < 1.29 is 18.1 Å². The number of hydrogen-bond donors (Lipinski definition) is 1. The van der Waals surface area contributed by atoms with Gasteiger partial charge in [0, 0.05) is 56.8 Å². The van der Waals surface area contributed by atoms with Gasteiger partial charge < -0.3 is 10.2 Å². The highest BCUT2D eigenvalue weighted by Crippen LogP contribution is 2.26. The quantitative estimate of drug-likeness (QED) is 0.471. The van der Waals surface area contributed by atoms with Gasteiger partial charge in [0.2, 0.25) is 15.9 Å². The topological polar surface area (TPSA) is 113 Å². The molecule has 0 aromatic heterocycles. The largest absolute Gasteiger partial charge is 0.352 e. The number of sulfonamides is 1. The van der Waals surface area contributed by atoms with E-state index in [0.717, 1.165) is 5.56 Å². The second-order valence-electron chi connectivity index (χ2n) is 7.09. The molecule has 1 aliphatic rings. The van der Waals surface area contributed by atoms with Crippen LogP contribution in [0.3, 0.4) is 0 Å². The Kier molecular flexibility index (Phi) is 7.60. The molecule has 11 heteroatoms. The number of carbonyl (C=O) groups is 1. The van der Waals surface area contributed by atoms with E-state index in [1.807, 2.05) is 23.1 Å². The van der Waals surface area contributed by atoms with E-state index in [1.165, 1.54) is 28.6 Å². The number of halogens is 1. The third-order valence-electron chi connectivity index (χ3n) is 5.10. The van der Waals surface area contributed by atoms with E-state index in [1.54, 1.807) is 6.07 Å². The monoisotopic (exact) mass is 466 g/mol. The summed E-state index contributed by atoms with van der Waals surface area (Å²) in [5.74, 6) is -0.116. The van der Waals surface area contributed by atoms with Crippen LogP contribution in [-0.2, 0) is 21.4 Å². The van der Waals surface area contributed by atoms with Crippen molar-refractivity contribution in [2.75, 3.05) is 32.7 Å². The smallest absolute Gasteiger partial charge is 0.289 e. The van der Waals surface area contributed by atoms with Crippen LogP contribution in [0, 0.1) is 10.1 Å². The highest BCUT2D eigenvalue weighted by atomic mass is 35.5. The number of rotatable bonds is 8. The number of hydrogen-bond acceptors (Lipinski definition) is 6. The van der Waals surface area contributed by atoms with E-state index < -0.39 is 20.6 Å². The number of benzene rings is 2. The highest BCUT2D eigenvalue weighted by molar-refractivity contribution is 7.89. The molecule has 31 heavy (non-hydrogen) atoms. The lowest BCUT2D eigenvalue weighted by Gasteiger charge is -2.33. The number of amides is 1. The summed E-state index contributed by atoms with van der Waals surface area (Å²) in [4.78, 5) is 24.3. The first-order valence-electron chi connectivity index (χ1n) is 9.75. The first-order chi connectivity index (χ1) is 14.8. The van der Waals surface area contributed by atoms with Crippen molar-refractivity contribution in [2.45, 2.75) is 17.9 Å². The van der Waals surface area contributed by atoms with Gasteiger partial charge in [0.25, 0.3) is 5.69 Å². The molecule has 9 nitrogen and oxygen atoms in total. The Morgan fingerprint density at radius 1 is 1.06 bits per heavy atom. The van der Waals surface area contributed by atoms with E-state index in [9.17, 15) is 23.3 Å². The van der Waals surface area contributed by atoms with Gasteiger partial charge >= 0.3 is 0 Å². The summed E-state index contributed by atoms with van der Waals surface area (Å²) < 4.78 is 27.0. The molecule has 0 atom stereocenters. The first-order valence-corrected chi connectivity index (χ1v) is 11.6. The number of nitrogens with zero attached hydrogens (tertiary/aromatic N) is 3. The molecule has 3 rings (SSSR count). The molecule has 0 saturated carbocycles. The van der Waals surface area contributed by atoms with Crippen molar-refractivity contribution in [3.63, 3.8) is 0 Å². The second-order valence-corrected chi connectivity index (χ2v) is 9.40. The Morgan fingerprint density at radius 2 is 1.71 bits per heavy atom. The lowest BCUT2D eigenvalue weighted by molar-refractivity contribution is -0.387. The molecule has 0 radical (unpaired) electrons. The minimum Gasteiger partial charge on any atom is -0.352 e.